The first-order chi connectivity index (χ1) is 19.5. The average molecular weight is 582 g/mol. The molecule has 0 atom stereocenters. The number of rotatable bonds is 8. The monoisotopic (exact) mass is 581 g/mol. The number of nitrogens with one attached hydrogen (secondary N) is 2. The summed E-state index contributed by atoms with van der Waals surface area (Å²) in [5.41, 5.74) is 2.67. The van der Waals surface area contributed by atoms with Crippen molar-refractivity contribution in [2.75, 3.05) is 30.6 Å². The Labute approximate surface area is 233 Å². The summed E-state index contributed by atoms with van der Waals surface area (Å²) in [4.78, 5) is 18.8. The van der Waals surface area contributed by atoms with Crippen LogP contribution in [0, 0.1) is 18.6 Å². The highest BCUT2D eigenvalue weighted by atomic mass is 32.2. The van der Waals surface area contributed by atoms with E-state index in [1.165, 1.54) is 14.2 Å². The van der Waals surface area contributed by atoms with E-state index in [2.05, 4.69) is 30.5 Å². The van der Waals surface area contributed by atoms with Gasteiger partial charge in [0.15, 0.2) is 27.3 Å². The van der Waals surface area contributed by atoms with Gasteiger partial charge >= 0.3 is 0 Å². The predicted molar refractivity (Wildman–Crippen MR) is 147 cm³/mol. The molecule has 15 heteroatoms. The van der Waals surface area contributed by atoms with Crippen LogP contribution in [-0.4, -0.2) is 63.4 Å². The van der Waals surface area contributed by atoms with Crippen LogP contribution in [0.2, 0.25) is 0 Å². The number of methoxy groups -OCH3 is 1. The van der Waals surface area contributed by atoms with Gasteiger partial charge < -0.3 is 15.0 Å². The molecule has 6 rings (SSSR count). The van der Waals surface area contributed by atoms with E-state index in [0.29, 0.717) is 34.6 Å². The van der Waals surface area contributed by atoms with Gasteiger partial charge in [-0.05, 0) is 37.8 Å². The van der Waals surface area contributed by atoms with E-state index in [4.69, 9.17) is 9.72 Å². The van der Waals surface area contributed by atoms with Crippen molar-refractivity contribution in [1.82, 2.24) is 34.5 Å². The second-order valence-corrected chi connectivity index (χ2v) is 11.8. The molecule has 4 aromatic heterocycles. The zero-order chi connectivity index (χ0) is 29.1. The van der Waals surface area contributed by atoms with Crippen LogP contribution in [0.25, 0.3) is 17.0 Å². The van der Waals surface area contributed by atoms with Gasteiger partial charge in [-0.25, -0.2) is 32.2 Å². The lowest BCUT2D eigenvalue weighted by molar-refractivity contribution is 0.400. The van der Waals surface area contributed by atoms with E-state index in [9.17, 15) is 8.42 Å². The number of hydrogen-bond donors (Lipinski definition) is 2. The summed E-state index contributed by atoms with van der Waals surface area (Å²) in [6.07, 6.45) is 7.60. The standard InChI is InChI=1S/C26H25F2N9O3S/c1-13-9-19(35-34-13)31-23-20(14-5-6-14)21(18-12-30-24-25(40-3)29-7-8-37(18)24)32-26(33-23)36(2)22-16(27)10-15(11-17(22)28)41(4,38)39/h7-12,14H,5-6H2,1-4H3,(H2,31,32,33,34,35). The van der Waals surface area contributed by atoms with E-state index in [-0.39, 0.29) is 11.9 Å². The van der Waals surface area contributed by atoms with Crippen molar-refractivity contribution in [2.24, 2.45) is 0 Å². The third-order valence-electron chi connectivity index (χ3n) is 6.76. The molecule has 2 N–H and O–H groups in total. The van der Waals surface area contributed by atoms with Crippen molar-refractivity contribution in [2.45, 2.75) is 30.6 Å². The number of H-pyrrole nitrogens is 1. The number of benzene rings is 1. The zero-order valence-electron chi connectivity index (χ0n) is 22.5. The molecule has 1 aliphatic rings. The Hall–Kier alpha value is -4.66. The molecule has 5 aromatic rings. The predicted octanol–water partition coefficient (Wildman–Crippen LogP) is 4.30. The third-order valence-corrected chi connectivity index (χ3v) is 7.85. The summed E-state index contributed by atoms with van der Waals surface area (Å²) < 4.78 is 61.5. The number of imidazole rings is 1. The number of hydrogen-bond acceptors (Lipinski definition) is 10. The van der Waals surface area contributed by atoms with Gasteiger partial charge in [-0.15, -0.1) is 0 Å². The maximum atomic E-state index is 15.2. The SMILES string of the molecule is COc1nccn2c(-c3nc(N(C)c4c(F)cc(S(C)(=O)=O)cc4F)nc(Nc4cc(C)[nH]n4)c3C3CC3)cnc12. The molecule has 0 amide bonds. The molecule has 12 nitrogen and oxygen atoms in total. The molecule has 0 unspecified atom stereocenters. The molecule has 0 bridgehead atoms. The van der Waals surface area contributed by atoms with Gasteiger partial charge in [-0.3, -0.25) is 9.50 Å². The molecule has 41 heavy (non-hydrogen) atoms. The number of halogens is 2. The van der Waals surface area contributed by atoms with Crippen molar-refractivity contribution in [3.8, 4) is 17.3 Å². The number of sulfone groups is 1. The third kappa shape index (κ3) is 4.81. The van der Waals surface area contributed by atoms with Gasteiger partial charge in [0, 0.05) is 43.0 Å². The van der Waals surface area contributed by atoms with Gasteiger partial charge in [0.05, 0.1) is 29.6 Å². The van der Waals surface area contributed by atoms with Crippen LogP contribution in [0.4, 0.5) is 32.1 Å². The van der Waals surface area contributed by atoms with Gasteiger partial charge in [-0.2, -0.15) is 10.1 Å². The number of anilines is 4. The Balaban J connectivity index is 1.57. The first-order valence-corrected chi connectivity index (χ1v) is 14.4. The minimum absolute atomic E-state index is 0.0416. The molecular formula is C26H25F2N9O3S. The van der Waals surface area contributed by atoms with E-state index in [1.807, 2.05) is 6.92 Å². The van der Waals surface area contributed by atoms with Gasteiger partial charge in [0.1, 0.15) is 11.5 Å². The van der Waals surface area contributed by atoms with Crippen LogP contribution in [0.15, 0.2) is 41.7 Å². The zero-order valence-corrected chi connectivity index (χ0v) is 23.3. The van der Waals surface area contributed by atoms with Gasteiger partial charge in [0.25, 0.3) is 5.88 Å². The quantitative estimate of drug-likeness (QED) is 0.272. The fraction of sp³-hybridized carbons (Fsp3) is 0.269. The molecule has 1 aromatic carbocycles. The number of ether oxygens (including phenoxy) is 1. The molecular weight excluding hydrogens is 556 g/mol. The molecule has 1 fully saturated rings. The van der Waals surface area contributed by atoms with Crippen LogP contribution in [0.3, 0.4) is 0 Å². The van der Waals surface area contributed by atoms with Crippen molar-refractivity contribution >= 4 is 38.8 Å². The van der Waals surface area contributed by atoms with Crippen molar-refractivity contribution in [3.05, 3.63) is 59.7 Å². The number of fused-ring (bicyclic) bond motifs is 1. The Morgan fingerprint density at radius 1 is 1.15 bits per heavy atom. The minimum Gasteiger partial charge on any atom is -0.478 e. The Morgan fingerprint density at radius 2 is 1.88 bits per heavy atom. The lowest BCUT2D eigenvalue weighted by atomic mass is 10.1. The van der Waals surface area contributed by atoms with E-state index < -0.39 is 32.1 Å². The summed E-state index contributed by atoms with van der Waals surface area (Å²) in [5.74, 6) is -0.834. The highest BCUT2D eigenvalue weighted by Gasteiger charge is 2.34. The molecule has 0 aliphatic heterocycles. The summed E-state index contributed by atoms with van der Waals surface area (Å²) in [7, 11) is -0.940. The normalized spacial score (nSPS) is 13.5. The summed E-state index contributed by atoms with van der Waals surface area (Å²) in [6, 6.07) is 3.36. The molecule has 4 heterocycles. The van der Waals surface area contributed by atoms with E-state index in [0.717, 1.165) is 47.4 Å². The molecule has 0 radical (unpaired) electrons. The maximum absolute atomic E-state index is 15.2. The molecule has 0 spiro atoms. The molecule has 0 saturated heterocycles. The summed E-state index contributed by atoms with van der Waals surface area (Å²) in [5, 5.41) is 10.4. The lowest BCUT2D eigenvalue weighted by Crippen LogP contribution is -2.19. The average Bonchev–Trinajstić information content (AvgIpc) is 3.53. The van der Waals surface area contributed by atoms with Gasteiger partial charge in [0.2, 0.25) is 11.6 Å². The smallest absolute Gasteiger partial charge is 0.258 e. The second kappa shape index (κ2) is 9.76. The van der Waals surface area contributed by atoms with Crippen molar-refractivity contribution in [3.63, 3.8) is 0 Å². The van der Waals surface area contributed by atoms with E-state index in [1.54, 1.807) is 29.1 Å². The van der Waals surface area contributed by atoms with Crippen LogP contribution in [0.5, 0.6) is 5.88 Å². The topological polar surface area (TPSA) is 143 Å². The second-order valence-electron chi connectivity index (χ2n) is 9.81. The van der Waals surface area contributed by atoms with Crippen LogP contribution < -0.4 is 15.0 Å². The number of aromatic amines is 1. The minimum atomic E-state index is -3.84. The summed E-state index contributed by atoms with van der Waals surface area (Å²) >= 11 is 0. The Morgan fingerprint density at radius 3 is 2.49 bits per heavy atom. The fourth-order valence-corrected chi connectivity index (χ4v) is 5.29. The highest BCUT2D eigenvalue weighted by Crippen LogP contribution is 2.48. The van der Waals surface area contributed by atoms with Gasteiger partial charge in [-0.1, -0.05) is 0 Å². The number of nitrogens with zero attached hydrogens (tertiary/aromatic N) is 7. The molecule has 212 valence electrons. The Kier molecular flexibility index (Phi) is 6.32. The highest BCUT2D eigenvalue weighted by molar-refractivity contribution is 7.90. The first kappa shape index (κ1) is 26.6. The van der Waals surface area contributed by atoms with Crippen LogP contribution in [0.1, 0.15) is 30.0 Å². The Bertz CT molecular complexity index is 1900. The number of aromatic nitrogens is 7. The van der Waals surface area contributed by atoms with Crippen LogP contribution >= 0.6 is 0 Å². The largest absolute Gasteiger partial charge is 0.478 e. The summed E-state index contributed by atoms with van der Waals surface area (Å²) in [6.45, 7) is 1.86. The van der Waals surface area contributed by atoms with Crippen molar-refractivity contribution in [1.29, 1.82) is 0 Å². The van der Waals surface area contributed by atoms with E-state index >= 15 is 8.78 Å². The first-order valence-electron chi connectivity index (χ1n) is 12.6. The number of aryl methyl sites for hydroxylation is 1. The maximum Gasteiger partial charge on any atom is 0.258 e. The molecule has 1 saturated carbocycles. The van der Waals surface area contributed by atoms with Crippen LogP contribution in [-0.2, 0) is 9.84 Å². The molecule has 1 aliphatic carbocycles. The van der Waals surface area contributed by atoms with Crippen molar-refractivity contribution < 1.29 is 21.9 Å². The fourth-order valence-electron chi connectivity index (χ4n) is 4.65. The lowest BCUT2D eigenvalue weighted by Gasteiger charge is -2.22.